The van der Waals surface area contributed by atoms with Crippen molar-refractivity contribution in [1.82, 2.24) is 0 Å². The molecular weight excluding hydrogens is 193 g/mol. The van der Waals surface area contributed by atoms with E-state index in [0.717, 1.165) is 0 Å². The van der Waals surface area contributed by atoms with Crippen LogP contribution < -0.4 is 5.73 Å². The smallest absolute Gasteiger partial charge is 0.327 e. The van der Waals surface area contributed by atoms with Gasteiger partial charge >= 0.3 is 12.1 Å². The first-order valence-corrected chi connectivity index (χ1v) is 3.78. The lowest BCUT2D eigenvalue weighted by atomic mass is 9.98. The molecule has 0 radical (unpaired) electrons. The topological polar surface area (TPSA) is 26.0 Å². The highest BCUT2D eigenvalue weighted by Gasteiger charge is 2.57. The first-order chi connectivity index (χ1) is 5.58. The van der Waals surface area contributed by atoms with Crippen LogP contribution in [0.3, 0.4) is 0 Å². The van der Waals surface area contributed by atoms with Crippen LogP contribution in [0.5, 0.6) is 0 Å². The molecule has 0 aliphatic heterocycles. The predicted octanol–water partition coefficient (Wildman–Crippen LogP) is 2.56. The molecule has 0 spiro atoms. The third kappa shape index (κ3) is 3.46. The molecule has 0 saturated heterocycles. The fraction of sp³-hybridized carbons (Fsp3) is 1.00. The molecule has 1 nitrogen and oxygen atoms in total. The highest BCUT2D eigenvalue weighted by Crippen LogP contribution is 2.39. The molecule has 1 atom stereocenters. The fourth-order valence-corrected chi connectivity index (χ4v) is 0.647. The van der Waals surface area contributed by atoms with Crippen LogP contribution in [0.4, 0.5) is 22.0 Å². The van der Waals surface area contributed by atoms with Crippen molar-refractivity contribution in [3.63, 3.8) is 0 Å². The molecule has 0 aromatic rings. The van der Waals surface area contributed by atoms with Crippen LogP contribution in [-0.2, 0) is 0 Å². The Kier molecular flexibility index (Phi) is 3.66. The van der Waals surface area contributed by atoms with Gasteiger partial charge in [0.05, 0.1) is 0 Å². The molecule has 0 rings (SSSR count). The third-order valence-corrected chi connectivity index (χ3v) is 1.76. The molecule has 2 N–H and O–H groups in total. The Morgan fingerprint density at radius 3 is 1.69 bits per heavy atom. The van der Waals surface area contributed by atoms with Crippen molar-refractivity contribution in [1.29, 1.82) is 0 Å². The van der Waals surface area contributed by atoms with Gasteiger partial charge in [0.25, 0.3) is 0 Å². The van der Waals surface area contributed by atoms with Gasteiger partial charge in [0.1, 0.15) is 0 Å². The summed E-state index contributed by atoms with van der Waals surface area (Å²) in [5.74, 6) is -5.08. The molecule has 0 bridgehead atoms. The van der Waals surface area contributed by atoms with E-state index < -0.39 is 30.5 Å². The van der Waals surface area contributed by atoms with Gasteiger partial charge in [0.2, 0.25) is 0 Å². The van der Waals surface area contributed by atoms with Crippen molar-refractivity contribution in [2.75, 3.05) is 0 Å². The summed E-state index contributed by atoms with van der Waals surface area (Å²) in [5.41, 5.74) is 5.12. The second kappa shape index (κ2) is 3.77. The number of halogens is 5. The molecule has 0 aromatic heterocycles. The van der Waals surface area contributed by atoms with E-state index in [1.807, 2.05) is 0 Å². The van der Waals surface area contributed by atoms with Gasteiger partial charge in [-0.25, -0.2) is 0 Å². The van der Waals surface area contributed by atoms with E-state index in [0.29, 0.717) is 0 Å². The molecule has 1 unspecified atom stereocenters. The van der Waals surface area contributed by atoms with Crippen molar-refractivity contribution < 1.29 is 22.0 Å². The Morgan fingerprint density at radius 1 is 1.08 bits per heavy atom. The SMILES string of the molecule is CC(C)C(N)CC(F)(F)C(F)(F)F. The number of hydrogen-bond donors (Lipinski definition) is 1. The Labute approximate surface area is 73.1 Å². The number of alkyl halides is 5. The Bertz CT molecular complexity index is 163. The molecule has 80 valence electrons. The van der Waals surface area contributed by atoms with Crippen molar-refractivity contribution in [3.8, 4) is 0 Å². The van der Waals surface area contributed by atoms with Crippen molar-refractivity contribution in [2.24, 2.45) is 11.7 Å². The second-order valence-corrected chi connectivity index (χ2v) is 3.31. The van der Waals surface area contributed by atoms with Crippen LogP contribution >= 0.6 is 0 Å². The average Bonchev–Trinajstić information content (AvgIpc) is 1.83. The molecule has 0 aliphatic carbocycles. The molecule has 0 saturated carbocycles. The van der Waals surface area contributed by atoms with Gasteiger partial charge < -0.3 is 5.73 Å². The zero-order chi connectivity index (χ0) is 10.9. The highest BCUT2D eigenvalue weighted by atomic mass is 19.4. The van der Waals surface area contributed by atoms with Crippen molar-refractivity contribution >= 4 is 0 Å². The number of rotatable bonds is 3. The minimum absolute atomic E-state index is 0.395. The standard InChI is InChI=1S/C7H12F5N/c1-4(2)5(13)3-6(8,9)7(10,11)12/h4-5H,3,13H2,1-2H3. The van der Waals surface area contributed by atoms with Gasteiger partial charge in [-0.1, -0.05) is 13.8 Å². The normalized spacial score (nSPS) is 16.4. The van der Waals surface area contributed by atoms with Crippen molar-refractivity contribution in [2.45, 2.75) is 38.4 Å². The van der Waals surface area contributed by atoms with E-state index >= 15 is 0 Å². The molecule has 0 amide bonds. The summed E-state index contributed by atoms with van der Waals surface area (Å²) in [5, 5.41) is 0. The summed E-state index contributed by atoms with van der Waals surface area (Å²) in [6.45, 7) is 2.99. The minimum Gasteiger partial charge on any atom is -0.327 e. The predicted molar refractivity (Wildman–Crippen MR) is 38.4 cm³/mol. The maximum absolute atomic E-state index is 12.3. The highest BCUT2D eigenvalue weighted by molar-refractivity contribution is 4.82. The summed E-state index contributed by atoms with van der Waals surface area (Å²) in [6.07, 6.45) is -6.85. The lowest BCUT2D eigenvalue weighted by molar-refractivity contribution is -0.286. The van der Waals surface area contributed by atoms with E-state index in [9.17, 15) is 22.0 Å². The van der Waals surface area contributed by atoms with Crippen LogP contribution in [0.25, 0.3) is 0 Å². The number of hydrogen-bond acceptors (Lipinski definition) is 1. The number of nitrogens with two attached hydrogens (primary N) is 1. The first-order valence-electron chi connectivity index (χ1n) is 3.78. The van der Waals surface area contributed by atoms with Crippen LogP contribution in [-0.4, -0.2) is 18.1 Å². The second-order valence-electron chi connectivity index (χ2n) is 3.31. The van der Waals surface area contributed by atoms with Gasteiger partial charge in [0, 0.05) is 12.5 Å². The van der Waals surface area contributed by atoms with Gasteiger partial charge in [-0.2, -0.15) is 22.0 Å². The van der Waals surface area contributed by atoms with Crippen molar-refractivity contribution in [3.05, 3.63) is 0 Å². The summed E-state index contributed by atoms with van der Waals surface area (Å²) < 4.78 is 59.6. The zero-order valence-corrected chi connectivity index (χ0v) is 7.33. The third-order valence-electron chi connectivity index (χ3n) is 1.76. The summed E-state index contributed by atoms with van der Waals surface area (Å²) in [4.78, 5) is 0. The lowest BCUT2D eigenvalue weighted by Gasteiger charge is -2.24. The average molecular weight is 205 g/mol. The summed E-state index contributed by atoms with van der Waals surface area (Å²) in [6, 6.07) is -1.14. The molecule has 6 heteroatoms. The molecule has 0 fully saturated rings. The molecule has 0 heterocycles. The largest absolute Gasteiger partial charge is 0.453 e. The monoisotopic (exact) mass is 205 g/mol. The molecular formula is C7H12F5N. The van der Waals surface area contributed by atoms with E-state index in [1.54, 1.807) is 0 Å². The molecule has 13 heavy (non-hydrogen) atoms. The summed E-state index contributed by atoms with van der Waals surface area (Å²) in [7, 11) is 0. The van der Waals surface area contributed by atoms with E-state index in [-0.39, 0.29) is 0 Å². The molecule has 0 aromatic carbocycles. The van der Waals surface area contributed by atoms with E-state index in [1.165, 1.54) is 13.8 Å². The Hall–Kier alpha value is -0.390. The zero-order valence-electron chi connectivity index (χ0n) is 7.33. The maximum atomic E-state index is 12.3. The Balaban J connectivity index is 4.34. The van der Waals surface area contributed by atoms with Gasteiger partial charge in [-0.3, -0.25) is 0 Å². The lowest BCUT2D eigenvalue weighted by Crippen LogP contribution is -2.43. The summed E-state index contributed by atoms with van der Waals surface area (Å²) >= 11 is 0. The van der Waals surface area contributed by atoms with Crippen LogP contribution in [0.1, 0.15) is 20.3 Å². The first kappa shape index (κ1) is 12.6. The molecule has 0 aliphatic rings. The maximum Gasteiger partial charge on any atom is 0.453 e. The van der Waals surface area contributed by atoms with Crippen LogP contribution in [0.2, 0.25) is 0 Å². The van der Waals surface area contributed by atoms with Crippen LogP contribution in [0.15, 0.2) is 0 Å². The fourth-order valence-electron chi connectivity index (χ4n) is 0.647. The van der Waals surface area contributed by atoms with Gasteiger partial charge in [-0.15, -0.1) is 0 Å². The quantitative estimate of drug-likeness (QED) is 0.704. The van der Waals surface area contributed by atoms with Gasteiger partial charge in [0.15, 0.2) is 0 Å². The van der Waals surface area contributed by atoms with Gasteiger partial charge in [-0.05, 0) is 5.92 Å². The van der Waals surface area contributed by atoms with Crippen LogP contribution in [0, 0.1) is 5.92 Å². The Morgan fingerprint density at radius 2 is 1.46 bits per heavy atom. The van der Waals surface area contributed by atoms with E-state index in [2.05, 4.69) is 0 Å². The minimum atomic E-state index is -5.50. The van der Waals surface area contributed by atoms with E-state index in [4.69, 9.17) is 5.73 Å².